The van der Waals surface area contributed by atoms with Crippen LogP contribution in [0.5, 0.6) is 0 Å². The van der Waals surface area contributed by atoms with Crippen LogP contribution in [0.3, 0.4) is 0 Å². The van der Waals surface area contributed by atoms with E-state index in [4.69, 9.17) is 4.74 Å². The summed E-state index contributed by atoms with van der Waals surface area (Å²) in [6.07, 6.45) is 3.21. The van der Waals surface area contributed by atoms with E-state index in [2.05, 4.69) is 10.3 Å². The maximum atomic E-state index is 12.5. The van der Waals surface area contributed by atoms with Gasteiger partial charge in [0.1, 0.15) is 0 Å². The Balaban J connectivity index is 2.22. The van der Waals surface area contributed by atoms with Crippen molar-refractivity contribution in [1.29, 1.82) is 0 Å². The molecular formula is C13H19N3O3. The van der Waals surface area contributed by atoms with Gasteiger partial charge in [0, 0.05) is 25.5 Å². The van der Waals surface area contributed by atoms with Crippen LogP contribution < -0.4 is 5.32 Å². The summed E-state index contributed by atoms with van der Waals surface area (Å²) in [5.41, 5.74) is 1.30. The van der Waals surface area contributed by atoms with Crippen molar-refractivity contribution in [3.63, 3.8) is 0 Å². The monoisotopic (exact) mass is 265 g/mol. The van der Waals surface area contributed by atoms with Crippen molar-refractivity contribution in [1.82, 2.24) is 9.88 Å². The number of amides is 1. The molecule has 1 unspecified atom stereocenters. The van der Waals surface area contributed by atoms with Gasteiger partial charge >= 0.3 is 0 Å². The van der Waals surface area contributed by atoms with Crippen molar-refractivity contribution in [3.05, 3.63) is 24.0 Å². The van der Waals surface area contributed by atoms with Crippen LogP contribution in [-0.2, 0) is 4.74 Å². The summed E-state index contributed by atoms with van der Waals surface area (Å²) in [5.74, 6) is -0.119. The highest BCUT2D eigenvalue weighted by Gasteiger charge is 2.28. The topological polar surface area (TPSA) is 74.7 Å². The number of nitrogens with zero attached hydrogens (tertiary/aromatic N) is 2. The van der Waals surface area contributed by atoms with Crippen LogP contribution >= 0.6 is 0 Å². The van der Waals surface area contributed by atoms with Crippen molar-refractivity contribution in [3.8, 4) is 0 Å². The molecule has 0 spiro atoms. The van der Waals surface area contributed by atoms with Gasteiger partial charge < -0.3 is 20.1 Å². The molecule has 2 heterocycles. The fourth-order valence-electron chi connectivity index (χ4n) is 2.14. The average Bonchev–Trinajstić information content (AvgIpc) is 2.47. The predicted molar refractivity (Wildman–Crippen MR) is 71.1 cm³/mol. The summed E-state index contributed by atoms with van der Waals surface area (Å²) >= 11 is 0. The second kappa shape index (κ2) is 6.49. The van der Waals surface area contributed by atoms with Crippen LogP contribution in [0.15, 0.2) is 18.5 Å². The van der Waals surface area contributed by atoms with Gasteiger partial charge in [0.05, 0.1) is 37.1 Å². The van der Waals surface area contributed by atoms with Crippen molar-refractivity contribution in [2.24, 2.45) is 0 Å². The summed E-state index contributed by atoms with van der Waals surface area (Å²) < 4.78 is 5.28. The number of morpholine rings is 1. The molecule has 1 aliphatic rings. The van der Waals surface area contributed by atoms with Gasteiger partial charge in [-0.15, -0.1) is 0 Å². The molecule has 1 aromatic heterocycles. The Hall–Kier alpha value is -1.66. The zero-order valence-electron chi connectivity index (χ0n) is 11.0. The van der Waals surface area contributed by atoms with E-state index in [1.807, 2.05) is 6.92 Å². The number of aliphatic hydroxyl groups excluding tert-OH is 1. The number of rotatable bonds is 4. The molecule has 1 atom stereocenters. The Bertz CT molecular complexity index is 439. The van der Waals surface area contributed by atoms with Gasteiger partial charge in [0.25, 0.3) is 5.91 Å². The zero-order valence-corrected chi connectivity index (χ0v) is 11.0. The number of carbonyl (C=O) groups excluding carboxylic acids is 1. The first-order valence-electron chi connectivity index (χ1n) is 6.45. The number of anilines is 1. The fourth-order valence-corrected chi connectivity index (χ4v) is 2.14. The summed E-state index contributed by atoms with van der Waals surface area (Å²) in [4.78, 5) is 18.2. The Morgan fingerprint density at radius 3 is 3.26 bits per heavy atom. The minimum absolute atomic E-state index is 0.0947. The van der Waals surface area contributed by atoms with Gasteiger partial charge in [0.2, 0.25) is 0 Å². The molecule has 6 heteroatoms. The van der Waals surface area contributed by atoms with Gasteiger partial charge in [0.15, 0.2) is 0 Å². The molecule has 0 aromatic carbocycles. The van der Waals surface area contributed by atoms with E-state index in [1.54, 1.807) is 23.4 Å². The third-order valence-corrected chi connectivity index (χ3v) is 3.12. The maximum absolute atomic E-state index is 12.5. The number of pyridine rings is 1. The first-order chi connectivity index (χ1) is 9.27. The third-order valence-electron chi connectivity index (χ3n) is 3.12. The normalized spacial score (nSPS) is 19.3. The number of hydrogen-bond acceptors (Lipinski definition) is 5. The number of carbonyl (C=O) groups is 1. The Morgan fingerprint density at radius 2 is 2.53 bits per heavy atom. The van der Waals surface area contributed by atoms with Gasteiger partial charge in [-0.25, -0.2) is 0 Å². The lowest BCUT2D eigenvalue weighted by Crippen LogP contribution is -2.50. The maximum Gasteiger partial charge on any atom is 0.258 e. The van der Waals surface area contributed by atoms with E-state index in [0.29, 0.717) is 25.3 Å². The summed E-state index contributed by atoms with van der Waals surface area (Å²) in [5, 5.41) is 12.5. The summed E-state index contributed by atoms with van der Waals surface area (Å²) in [6, 6.07) is 1.50. The molecule has 19 heavy (non-hydrogen) atoms. The molecule has 0 aliphatic carbocycles. The predicted octanol–water partition coefficient (Wildman–Crippen LogP) is 0.347. The highest BCUT2D eigenvalue weighted by atomic mass is 16.5. The Morgan fingerprint density at radius 1 is 1.68 bits per heavy atom. The molecule has 1 aromatic rings. The lowest BCUT2D eigenvalue weighted by Gasteiger charge is -2.34. The molecular weight excluding hydrogens is 246 g/mol. The Labute approximate surface area is 112 Å². The number of hydrogen-bond donors (Lipinski definition) is 2. The van der Waals surface area contributed by atoms with E-state index in [9.17, 15) is 9.90 Å². The van der Waals surface area contributed by atoms with Gasteiger partial charge in [-0.05, 0) is 13.0 Å². The van der Waals surface area contributed by atoms with Crippen LogP contribution in [0.2, 0.25) is 0 Å². The van der Waals surface area contributed by atoms with Crippen molar-refractivity contribution >= 4 is 11.6 Å². The van der Waals surface area contributed by atoms with E-state index in [-0.39, 0.29) is 18.6 Å². The van der Waals surface area contributed by atoms with Crippen molar-refractivity contribution < 1.29 is 14.6 Å². The number of aromatic nitrogens is 1. The van der Waals surface area contributed by atoms with Gasteiger partial charge in [-0.1, -0.05) is 0 Å². The molecule has 1 amide bonds. The molecule has 1 aliphatic heterocycles. The van der Waals surface area contributed by atoms with E-state index >= 15 is 0 Å². The number of nitrogens with one attached hydrogen (secondary N) is 1. The SMILES string of the molecule is CCNc1ccncc1C(=O)N1CCOCC1CO. The number of aliphatic hydroxyl groups is 1. The first-order valence-corrected chi connectivity index (χ1v) is 6.45. The lowest BCUT2D eigenvalue weighted by molar-refractivity contribution is -0.0183. The summed E-state index contributed by atoms with van der Waals surface area (Å²) in [7, 11) is 0. The summed E-state index contributed by atoms with van der Waals surface area (Å²) in [6.45, 7) is 3.97. The fraction of sp³-hybridized carbons (Fsp3) is 0.538. The molecule has 0 radical (unpaired) electrons. The molecule has 1 fully saturated rings. The van der Waals surface area contributed by atoms with Crippen LogP contribution in [-0.4, -0.2) is 59.8 Å². The second-order valence-corrected chi connectivity index (χ2v) is 4.36. The largest absolute Gasteiger partial charge is 0.394 e. The van der Waals surface area contributed by atoms with Crippen molar-refractivity contribution in [2.45, 2.75) is 13.0 Å². The lowest BCUT2D eigenvalue weighted by atomic mass is 10.1. The third kappa shape index (κ3) is 3.02. The zero-order chi connectivity index (χ0) is 13.7. The minimum atomic E-state index is -0.282. The van der Waals surface area contributed by atoms with Gasteiger partial charge in [-0.3, -0.25) is 9.78 Å². The highest BCUT2D eigenvalue weighted by molar-refractivity contribution is 5.99. The van der Waals surface area contributed by atoms with Crippen LogP contribution in [0.1, 0.15) is 17.3 Å². The van der Waals surface area contributed by atoms with E-state index in [1.165, 1.54) is 0 Å². The molecule has 0 saturated carbocycles. The Kier molecular flexibility index (Phi) is 4.70. The highest BCUT2D eigenvalue weighted by Crippen LogP contribution is 2.18. The molecule has 2 rings (SSSR count). The standard InChI is InChI=1S/C13H19N3O3/c1-2-15-12-3-4-14-7-11(12)13(18)16-5-6-19-9-10(16)8-17/h3-4,7,10,17H,2,5-6,8-9H2,1H3,(H,14,15). The molecule has 2 N–H and O–H groups in total. The van der Waals surface area contributed by atoms with E-state index < -0.39 is 0 Å². The molecule has 104 valence electrons. The number of ether oxygens (including phenoxy) is 1. The minimum Gasteiger partial charge on any atom is -0.394 e. The van der Waals surface area contributed by atoms with Crippen molar-refractivity contribution in [2.75, 3.05) is 38.2 Å². The second-order valence-electron chi connectivity index (χ2n) is 4.36. The van der Waals surface area contributed by atoms with E-state index in [0.717, 1.165) is 12.2 Å². The van der Waals surface area contributed by atoms with Crippen LogP contribution in [0, 0.1) is 0 Å². The smallest absolute Gasteiger partial charge is 0.258 e. The van der Waals surface area contributed by atoms with Gasteiger partial charge in [-0.2, -0.15) is 0 Å². The van der Waals surface area contributed by atoms with Crippen LogP contribution in [0.4, 0.5) is 5.69 Å². The quantitative estimate of drug-likeness (QED) is 0.821. The first kappa shape index (κ1) is 13.8. The molecule has 0 bridgehead atoms. The molecule has 1 saturated heterocycles. The van der Waals surface area contributed by atoms with Crippen LogP contribution in [0.25, 0.3) is 0 Å². The molecule has 6 nitrogen and oxygen atoms in total. The average molecular weight is 265 g/mol.